The van der Waals surface area contributed by atoms with Crippen LogP contribution in [0.3, 0.4) is 0 Å². The van der Waals surface area contributed by atoms with Crippen LogP contribution in [0.2, 0.25) is 0 Å². The van der Waals surface area contributed by atoms with Crippen LogP contribution in [-0.2, 0) is 11.3 Å². The molecule has 2 heterocycles. The fourth-order valence-electron chi connectivity index (χ4n) is 4.94. The van der Waals surface area contributed by atoms with Crippen LogP contribution in [0.5, 0.6) is 0 Å². The summed E-state index contributed by atoms with van der Waals surface area (Å²) in [6.07, 6.45) is 1.48. The number of fused-ring (bicyclic) bond motifs is 1. The summed E-state index contributed by atoms with van der Waals surface area (Å²) in [5.41, 5.74) is 2.07. The van der Waals surface area contributed by atoms with Crippen LogP contribution >= 0.6 is 0 Å². The first-order valence-electron chi connectivity index (χ1n) is 9.81. The number of carbonyl (C=O) groups is 2. The van der Waals surface area contributed by atoms with Gasteiger partial charge in [0.25, 0.3) is 5.91 Å². The molecule has 0 unspecified atom stereocenters. The number of likely N-dealkylation sites (tertiary alicyclic amines) is 1. The summed E-state index contributed by atoms with van der Waals surface area (Å²) in [6.45, 7) is 4.31. The number of hydrogen-bond donors (Lipinski definition) is 3. The van der Waals surface area contributed by atoms with E-state index in [0.29, 0.717) is 12.1 Å². The van der Waals surface area contributed by atoms with Gasteiger partial charge in [0, 0.05) is 38.4 Å². The molecule has 1 aromatic heterocycles. The van der Waals surface area contributed by atoms with E-state index in [1.165, 1.54) is 5.56 Å². The fraction of sp³-hybridized carbons (Fsp3) is 0.476. The monoisotopic (exact) mass is 381 g/mol. The van der Waals surface area contributed by atoms with Gasteiger partial charge in [0.2, 0.25) is 5.91 Å². The third-order valence-corrected chi connectivity index (χ3v) is 6.15. The summed E-state index contributed by atoms with van der Waals surface area (Å²) in [4.78, 5) is 27.7. The van der Waals surface area contributed by atoms with Crippen LogP contribution in [0.25, 0.3) is 0 Å². The molecule has 4 rings (SSSR count). The van der Waals surface area contributed by atoms with Gasteiger partial charge < -0.3 is 10.6 Å². The van der Waals surface area contributed by atoms with Crippen LogP contribution in [-0.4, -0.2) is 53.1 Å². The van der Waals surface area contributed by atoms with E-state index in [0.717, 1.165) is 31.7 Å². The Labute approximate surface area is 164 Å². The molecular formula is C21H27N5O2. The van der Waals surface area contributed by atoms with Gasteiger partial charge in [-0.15, -0.1) is 0 Å². The van der Waals surface area contributed by atoms with E-state index in [9.17, 15) is 9.59 Å². The third-order valence-electron chi connectivity index (χ3n) is 6.15. The average molecular weight is 381 g/mol. The van der Waals surface area contributed by atoms with Gasteiger partial charge in [0.05, 0.1) is 5.41 Å². The van der Waals surface area contributed by atoms with Gasteiger partial charge in [-0.1, -0.05) is 30.3 Å². The predicted octanol–water partition coefficient (Wildman–Crippen LogP) is 1.47. The summed E-state index contributed by atoms with van der Waals surface area (Å²) < 4.78 is 0. The average Bonchev–Trinajstić information content (AvgIpc) is 3.34. The highest BCUT2D eigenvalue weighted by Crippen LogP contribution is 2.49. The van der Waals surface area contributed by atoms with Crippen molar-refractivity contribution in [2.75, 3.05) is 20.1 Å². The molecule has 2 fully saturated rings. The molecule has 0 bridgehead atoms. The number of H-pyrrole nitrogens is 1. The van der Waals surface area contributed by atoms with E-state index < -0.39 is 5.41 Å². The maximum absolute atomic E-state index is 12.9. The lowest BCUT2D eigenvalue weighted by Crippen LogP contribution is -2.44. The molecule has 1 aliphatic carbocycles. The Hall–Kier alpha value is -2.67. The summed E-state index contributed by atoms with van der Waals surface area (Å²) >= 11 is 0. The maximum atomic E-state index is 12.9. The minimum Gasteiger partial charge on any atom is -0.359 e. The Morgan fingerprint density at radius 1 is 1.32 bits per heavy atom. The van der Waals surface area contributed by atoms with Crippen molar-refractivity contribution in [1.82, 2.24) is 25.7 Å². The van der Waals surface area contributed by atoms with Gasteiger partial charge in [-0.25, -0.2) is 0 Å². The number of aromatic amines is 1. The SMILES string of the molecule is CNC(=O)[C@]12C[C@@H](NC(=O)c3cc(C)[nH]n3)C[C@H]1CN(Cc1ccccc1)C2. The highest BCUT2D eigenvalue weighted by atomic mass is 16.2. The van der Waals surface area contributed by atoms with Crippen molar-refractivity contribution in [3.8, 4) is 0 Å². The number of aryl methyl sites for hydroxylation is 1. The standard InChI is InChI=1S/C21H27N5O2/c1-14-8-18(25-24-14)19(27)23-17-9-16-12-26(11-15-6-4-3-5-7-15)13-21(16,10-17)20(28)22-2/h3-8,16-17H,9-13H2,1-2H3,(H,22,28)(H,23,27)(H,24,25)/t16-,17-,21-/m0/s1. The van der Waals surface area contributed by atoms with Gasteiger partial charge in [-0.2, -0.15) is 5.10 Å². The van der Waals surface area contributed by atoms with E-state index in [1.54, 1.807) is 13.1 Å². The first-order valence-corrected chi connectivity index (χ1v) is 9.81. The van der Waals surface area contributed by atoms with Gasteiger partial charge in [0.1, 0.15) is 5.69 Å². The van der Waals surface area contributed by atoms with Crippen molar-refractivity contribution in [3.63, 3.8) is 0 Å². The normalized spacial score (nSPS) is 26.8. The van der Waals surface area contributed by atoms with Crippen LogP contribution in [0.4, 0.5) is 0 Å². The molecule has 0 radical (unpaired) electrons. The van der Waals surface area contributed by atoms with Gasteiger partial charge in [-0.05, 0) is 37.3 Å². The molecule has 1 aromatic carbocycles. The van der Waals surface area contributed by atoms with E-state index in [1.807, 2.05) is 25.1 Å². The molecule has 1 aliphatic heterocycles. The first-order chi connectivity index (χ1) is 13.5. The highest BCUT2D eigenvalue weighted by molar-refractivity contribution is 5.92. The molecule has 3 atom stereocenters. The largest absolute Gasteiger partial charge is 0.359 e. The summed E-state index contributed by atoms with van der Waals surface area (Å²) in [5.74, 6) is 0.144. The van der Waals surface area contributed by atoms with Crippen LogP contribution in [0, 0.1) is 18.3 Å². The molecule has 7 heteroatoms. The maximum Gasteiger partial charge on any atom is 0.271 e. The van der Waals surface area contributed by atoms with Crippen molar-refractivity contribution in [1.29, 1.82) is 0 Å². The number of benzene rings is 1. The smallest absolute Gasteiger partial charge is 0.271 e. The lowest BCUT2D eigenvalue weighted by molar-refractivity contribution is -0.131. The first kappa shape index (κ1) is 18.7. The lowest BCUT2D eigenvalue weighted by Gasteiger charge is -2.27. The van der Waals surface area contributed by atoms with Crippen molar-refractivity contribution in [2.24, 2.45) is 11.3 Å². The van der Waals surface area contributed by atoms with E-state index in [2.05, 4.69) is 37.9 Å². The molecule has 7 nitrogen and oxygen atoms in total. The molecule has 2 amide bonds. The second-order valence-electron chi connectivity index (χ2n) is 8.13. The number of aromatic nitrogens is 2. The third kappa shape index (κ3) is 3.42. The van der Waals surface area contributed by atoms with E-state index in [4.69, 9.17) is 0 Å². The molecule has 1 saturated carbocycles. The van der Waals surface area contributed by atoms with Crippen molar-refractivity contribution < 1.29 is 9.59 Å². The van der Waals surface area contributed by atoms with Crippen LogP contribution < -0.4 is 10.6 Å². The zero-order valence-corrected chi connectivity index (χ0v) is 16.4. The Morgan fingerprint density at radius 2 is 2.11 bits per heavy atom. The number of nitrogens with one attached hydrogen (secondary N) is 3. The Kier molecular flexibility index (Phi) is 4.93. The fourth-order valence-corrected chi connectivity index (χ4v) is 4.94. The quantitative estimate of drug-likeness (QED) is 0.732. The Balaban J connectivity index is 1.45. The Morgan fingerprint density at radius 3 is 2.79 bits per heavy atom. The zero-order chi connectivity index (χ0) is 19.7. The van der Waals surface area contributed by atoms with Crippen molar-refractivity contribution in [3.05, 3.63) is 53.3 Å². The molecular weight excluding hydrogens is 354 g/mol. The second kappa shape index (κ2) is 7.39. The van der Waals surface area contributed by atoms with E-state index >= 15 is 0 Å². The highest BCUT2D eigenvalue weighted by Gasteiger charge is 2.57. The van der Waals surface area contributed by atoms with Gasteiger partial charge >= 0.3 is 0 Å². The lowest BCUT2D eigenvalue weighted by atomic mass is 9.80. The Bertz CT molecular complexity index is 865. The molecule has 1 saturated heterocycles. The van der Waals surface area contributed by atoms with Gasteiger partial charge in [-0.3, -0.25) is 19.6 Å². The molecule has 0 spiro atoms. The second-order valence-corrected chi connectivity index (χ2v) is 8.13. The minimum atomic E-state index is -0.441. The minimum absolute atomic E-state index is 0.00863. The van der Waals surface area contributed by atoms with Crippen molar-refractivity contribution >= 4 is 11.8 Å². The predicted molar refractivity (Wildman–Crippen MR) is 106 cm³/mol. The number of nitrogens with zero attached hydrogens (tertiary/aromatic N) is 2. The van der Waals surface area contributed by atoms with Crippen LogP contribution in [0.15, 0.2) is 36.4 Å². The number of amides is 2. The van der Waals surface area contributed by atoms with E-state index in [-0.39, 0.29) is 23.8 Å². The van der Waals surface area contributed by atoms with Crippen molar-refractivity contribution in [2.45, 2.75) is 32.4 Å². The summed E-state index contributed by atoms with van der Waals surface area (Å²) in [7, 11) is 1.70. The molecule has 148 valence electrons. The number of carbonyl (C=O) groups excluding carboxylic acids is 2. The molecule has 2 aliphatic rings. The zero-order valence-electron chi connectivity index (χ0n) is 16.4. The topological polar surface area (TPSA) is 90.1 Å². The molecule has 3 N–H and O–H groups in total. The number of hydrogen-bond acceptors (Lipinski definition) is 4. The van der Waals surface area contributed by atoms with Crippen LogP contribution in [0.1, 0.15) is 34.6 Å². The summed E-state index contributed by atoms with van der Waals surface area (Å²) in [6, 6.07) is 12.1. The molecule has 28 heavy (non-hydrogen) atoms. The van der Waals surface area contributed by atoms with Gasteiger partial charge in [0.15, 0.2) is 0 Å². The molecule has 2 aromatic rings. The summed E-state index contributed by atoms with van der Waals surface area (Å²) in [5, 5.41) is 12.8. The number of rotatable bonds is 5.